The fourth-order valence-electron chi connectivity index (χ4n) is 2.46. The average molecular weight is 377 g/mol. The highest BCUT2D eigenvalue weighted by atomic mass is 35.5. The van der Waals surface area contributed by atoms with Crippen molar-refractivity contribution in [3.8, 4) is 5.75 Å². The Hall–Kier alpha value is -1.41. The molecular formula is C17H26ClFN2O4. The molecule has 1 aromatic rings. The molecule has 0 aliphatic carbocycles. The van der Waals surface area contributed by atoms with Crippen LogP contribution in [-0.4, -0.2) is 70.0 Å². The fourth-order valence-corrected chi connectivity index (χ4v) is 2.46. The molecule has 1 unspecified atom stereocenters. The number of benzene rings is 1. The Morgan fingerprint density at radius 3 is 2.68 bits per heavy atom. The van der Waals surface area contributed by atoms with Gasteiger partial charge in [-0.1, -0.05) is 0 Å². The van der Waals surface area contributed by atoms with Gasteiger partial charge in [-0.2, -0.15) is 0 Å². The van der Waals surface area contributed by atoms with Crippen molar-refractivity contribution in [2.75, 3.05) is 53.2 Å². The van der Waals surface area contributed by atoms with Crippen molar-refractivity contribution in [1.82, 2.24) is 10.2 Å². The first-order valence-corrected chi connectivity index (χ1v) is 8.15. The van der Waals surface area contributed by atoms with E-state index in [1.165, 1.54) is 12.1 Å². The first-order valence-electron chi connectivity index (χ1n) is 8.15. The average Bonchev–Trinajstić information content (AvgIpc) is 2.60. The lowest BCUT2D eigenvalue weighted by Gasteiger charge is -2.27. The van der Waals surface area contributed by atoms with Gasteiger partial charge >= 0.3 is 0 Å². The zero-order valence-corrected chi connectivity index (χ0v) is 15.2. The molecule has 0 saturated carbocycles. The predicted octanol–water partition coefficient (Wildman–Crippen LogP) is 1.48. The van der Waals surface area contributed by atoms with Gasteiger partial charge < -0.3 is 24.4 Å². The Balaban J connectivity index is 0.00000312. The number of halogens is 2. The highest BCUT2D eigenvalue weighted by molar-refractivity contribution is 5.85. The molecule has 1 aliphatic rings. The van der Waals surface area contributed by atoms with E-state index in [4.69, 9.17) is 14.2 Å². The third kappa shape index (κ3) is 8.00. The van der Waals surface area contributed by atoms with Crippen molar-refractivity contribution >= 4 is 18.3 Å². The van der Waals surface area contributed by atoms with Crippen molar-refractivity contribution in [1.29, 1.82) is 0 Å². The van der Waals surface area contributed by atoms with Gasteiger partial charge in [0.2, 0.25) is 5.91 Å². The standard InChI is InChI=1S/C17H25FN2O4.ClH/c1-22-10-7-20(17(21)12-15-13-23-9-6-19-15)8-11-24-16-4-2-14(18)3-5-16;/h2-5,15,19H,6-13H2,1H3;1H. The van der Waals surface area contributed by atoms with Crippen molar-refractivity contribution in [3.63, 3.8) is 0 Å². The smallest absolute Gasteiger partial charge is 0.224 e. The second kappa shape index (κ2) is 12.0. The maximum atomic E-state index is 12.9. The predicted molar refractivity (Wildman–Crippen MR) is 94.8 cm³/mol. The van der Waals surface area contributed by atoms with Crippen molar-refractivity contribution in [2.45, 2.75) is 12.5 Å². The highest BCUT2D eigenvalue weighted by Crippen LogP contribution is 2.11. The van der Waals surface area contributed by atoms with Gasteiger partial charge in [-0.05, 0) is 24.3 Å². The Labute approximate surface area is 154 Å². The molecule has 2 rings (SSSR count). The lowest BCUT2D eigenvalue weighted by atomic mass is 10.2. The molecule has 1 aromatic carbocycles. The highest BCUT2D eigenvalue weighted by Gasteiger charge is 2.21. The van der Waals surface area contributed by atoms with Crippen LogP contribution >= 0.6 is 12.4 Å². The van der Waals surface area contributed by atoms with E-state index in [1.807, 2.05) is 0 Å². The van der Waals surface area contributed by atoms with Crippen LogP contribution in [0, 0.1) is 5.82 Å². The summed E-state index contributed by atoms with van der Waals surface area (Å²) in [5, 5.41) is 3.28. The third-order valence-corrected chi connectivity index (χ3v) is 3.78. The van der Waals surface area contributed by atoms with Crippen molar-refractivity contribution < 1.29 is 23.4 Å². The number of hydrogen-bond acceptors (Lipinski definition) is 5. The lowest BCUT2D eigenvalue weighted by Crippen LogP contribution is -2.46. The van der Waals surface area contributed by atoms with E-state index in [0.717, 1.165) is 6.54 Å². The lowest BCUT2D eigenvalue weighted by molar-refractivity contribution is -0.133. The molecule has 6 nitrogen and oxygen atoms in total. The van der Waals surface area contributed by atoms with Gasteiger partial charge in [-0.15, -0.1) is 12.4 Å². The van der Waals surface area contributed by atoms with Crippen LogP contribution in [0.25, 0.3) is 0 Å². The molecular weight excluding hydrogens is 351 g/mol. The Bertz CT molecular complexity index is 498. The number of nitrogens with one attached hydrogen (secondary N) is 1. The number of hydrogen-bond donors (Lipinski definition) is 1. The molecule has 0 aromatic heterocycles. The number of ether oxygens (including phenoxy) is 3. The third-order valence-electron chi connectivity index (χ3n) is 3.78. The molecule has 1 saturated heterocycles. The molecule has 1 aliphatic heterocycles. The van der Waals surface area contributed by atoms with Crippen LogP contribution in [0.5, 0.6) is 5.75 Å². The van der Waals surface area contributed by atoms with Crippen LogP contribution in [0.3, 0.4) is 0 Å². The maximum Gasteiger partial charge on any atom is 0.224 e. The largest absolute Gasteiger partial charge is 0.492 e. The van der Waals surface area contributed by atoms with Crippen molar-refractivity contribution in [3.05, 3.63) is 30.1 Å². The van der Waals surface area contributed by atoms with Gasteiger partial charge in [0, 0.05) is 32.7 Å². The van der Waals surface area contributed by atoms with Crippen LogP contribution in [0.15, 0.2) is 24.3 Å². The minimum absolute atomic E-state index is 0. The number of methoxy groups -OCH3 is 1. The summed E-state index contributed by atoms with van der Waals surface area (Å²) in [7, 11) is 1.61. The molecule has 0 radical (unpaired) electrons. The van der Waals surface area contributed by atoms with Crippen molar-refractivity contribution in [2.24, 2.45) is 0 Å². The fraction of sp³-hybridized carbons (Fsp3) is 0.588. The van der Waals surface area contributed by atoms with Crippen LogP contribution in [0.4, 0.5) is 4.39 Å². The van der Waals surface area contributed by atoms with Gasteiger partial charge in [0.25, 0.3) is 0 Å². The van der Waals surface area contributed by atoms with E-state index in [9.17, 15) is 9.18 Å². The Morgan fingerprint density at radius 2 is 2.04 bits per heavy atom. The Morgan fingerprint density at radius 1 is 1.32 bits per heavy atom. The summed E-state index contributed by atoms with van der Waals surface area (Å²) in [5.74, 6) is 0.317. The monoisotopic (exact) mass is 376 g/mol. The quantitative estimate of drug-likeness (QED) is 0.707. The normalized spacial score (nSPS) is 16.8. The van der Waals surface area contributed by atoms with Gasteiger partial charge in [0.15, 0.2) is 0 Å². The molecule has 142 valence electrons. The second-order valence-electron chi connectivity index (χ2n) is 5.61. The van der Waals surface area contributed by atoms with E-state index in [1.54, 1.807) is 24.1 Å². The Kier molecular flexibility index (Phi) is 10.4. The zero-order chi connectivity index (χ0) is 17.2. The van der Waals surface area contributed by atoms with E-state index >= 15 is 0 Å². The summed E-state index contributed by atoms with van der Waals surface area (Å²) in [5.41, 5.74) is 0. The molecule has 1 heterocycles. The van der Waals surface area contributed by atoms with Crippen LogP contribution in [0.1, 0.15) is 6.42 Å². The number of amides is 1. The topological polar surface area (TPSA) is 60.0 Å². The van der Waals surface area contributed by atoms with Crippen LogP contribution in [-0.2, 0) is 14.3 Å². The first kappa shape index (κ1) is 21.6. The number of rotatable bonds is 9. The summed E-state index contributed by atoms with van der Waals surface area (Å²) in [6.45, 7) is 3.78. The zero-order valence-electron chi connectivity index (χ0n) is 14.4. The van der Waals surface area contributed by atoms with E-state index < -0.39 is 0 Å². The summed E-state index contributed by atoms with van der Waals surface area (Å²) >= 11 is 0. The molecule has 0 spiro atoms. The number of nitrogens with zero attached hydrogens (tertiary/aromatic N) is 1. The summed E-state index contributed by atoms with van der Waals surface area (Å²) in [6.07, 6.45) is 0.389. The van der Waals surface area contributed by atoms with E-state index in [0.29, 0.717) is 51.7 Å². The second-order valence-corrected chi connectivity index (χ2v) is 5.61. The summed E-state index contributed by atoms with van der Waals surface area (Å²) in [6, 6.07) is 5.88. The molecule has 25 heavy (non-hydrogen) atoms. The maximum absolute atomic E-state index is 12.9. The van der Waals surface area contributed by atoms with Gasteiger partial charge in [0.05, 0.1) is 26.4 Å². The first-order chi connectivity index (χ1) is 11.7. The molecule has 1 amide bonds. The molecule has 1 N–H and O–H groups in total. The molecule has 1 fully saturated rings. The van der Waals surface area contributed by atoms with E-state index in [-0.39, 0.29) is 30.2 Å². The number of morpholine rings is 1. The molecule has 0 bridgehead atoms. The minimum Gasteiger partial charge on any atom is -0.492 e. The molecule has 8 heteroatoms. The minimum atomic E-state index is -0.304. The van der Waals surface area contributed by atoms with Gasteiger partial charge in [-0.3, -0.25) is 4.79 Å². The van der Waals surface area contributed by atoms with Gasteiger partial charge in [-0.25, -0.2) is 4.39 Å². The van der Waals surface area contributed by atoms with Gasteiger partial charge in [0.1, 0.15) is 18.2 Å². The number of carbonyl (C=O) groups excluding carboxylic acids is 1. The number of carbonyl (C=O) groups is 1. The summed E-state index contributed by atoms with van der Waals surface area (Å²) in [4.78, 5) is 14.2. The molecule has 1 atom stereocenters. The summed E-state index contributed by atoms with van der Waals surface area (Å²) < 4.78 is 28.9. The van der Waals surface area contributed by atoms with Crippen LogP contribution in [0.2, 0.25) is 0 Å². The SMILES string of the molecule is COCCN(CCOc1ccc(F)cc1)C(=O)CC1COCCN1.Cl. The van der Waals surface area contributed by atoms with Crippen LogP contribution < -0.4 is 10.1 Å². The van der Waals surface area contributed by atoms with E-state index in [2.05, 4.69) is 5.32 Å².